The molecule has 1 aromatic carbocycles. The standard InChI is InChI=1S/C18H27BO2/c1-17(2)18(3,4)21-19(20-17)16-13-9-8-12-15(16)14-10-6-5-7-11-14/h5-7,10-11,15-16H,8-9,12-13H2,1-4H3/t15-,16+/m0/s1. The molecule has 2 nitrogen and oxygen atoms in total. The van der Waals surface area contributed by atoms with Crippen LogP contribution < -0.4 is 0 Å². The first-order chi connectivity index (χ1) is 9.91. The van der Waals surface area contributed by atoms with Gasteiger partial charge in [-0.2, -0.15) is 0 Å². The van der Waals surface area contributed by atoms with Crippen molar-refractivity contribution in [1.29, 1.82) is 0 Å². The summed E-state index contributed by atoms with van der Waals surface area (Å²) < 4.78 is 12.7. The van der Waals surface area contributed by atoms with E-state index in [0.29, 0.717) is 11.7 Å². The largest absolute Gasteiger partial charge is 0.461 e. The van der Waals surface area contributed by atoms with Crippen molar-refractivity contribution in [2.24, 2.45) is 0 Å². The summed E-state index contributed by atoms with van der Waals surface area (Å²) in [6, 6.07) is 10.9. The SMILES string of the molecule is CC1(C)OB([C@@H]2CCCC[C@H]2c2ccccc2)OC1(C)C. The summed E-state index contributed by atoms with van der Waals surface area (Å²) in [7, 11) is -0.0690. The van der Waals surface area contributed by atoms with E-state index < -0.39 is 0 Å². The normalized spacial score (nSPS) is 31.3. The fraction of sp³-hybridized carbons (Fsp3) is 0.667. The third-order valence-corrected chi connectivity index (χ3v) is 5.67. The molecule has 2 fully saturated rings. The van der Waals surface area contributed by atoms with Crippen molar-refractivity contribution < 1.29 is 9.31 Å². The molecule has 3 heteroatoms. The van der Waals surface area contributed by atoms with Gasteiger partial charge in [-0.25, -0.2) is 0 Å². The molecule has 0 radical (unpaired) electrons. The summed E-state index contributed by atoms with van der Waals surface area (Å²) in [5.74, 6) is 1.04. The number of hydrogen-bond donors (Lipinski definition) is 0. The summed E-state index contributed by atoms with van der Waals surface area (Å²) in [6.45, 7) is 8.58. The van der Waals surface area contributed by atoms with Crippen molar-refractivity contribution in [2.45, 2.75) is 76.3 Å². The molecule has 1 heterocycles. The topological polar surface area (TPSA) is 18.5 Å². The lowest BCUT2D eigenvalue weighted by molar-refractivity contribution is 0.00578. The molecule has 3 rings (SSSR count). The Labute approximate surface area is 129 Å². The second-order valence-corrected chi connectivity index (χ2v) is 7.59. The van der Waals surface area contributed by atoms with Crippen LogP contribution in [0.5, 0.6) is 0 Å². The average Bonchev–Trinajstić information content (AvgIpc) is 2.68. The molecule has 0 N–H and O–H groups in total. The molecule has 0 aromatic heterocycles. The minimum absolute atomic E-state index is 0.0690. The maximum absolute atomic E-state index is 6.33. The highest BCUT2D eigenvalue weighted by Gasteiger charge is 2.55. The second-order valence-electron chi connectivity index (χ2n) is 7.59. The van der Waals surface area contributed by atoms with E-state index in [1.165, 1.54) is 31.2 Å². The van der Waals surface area contributed by atoms with Crippen molar-refractivity contribution in [1.82, 2.24) is 0 Å². The summed E-state index contributed by atoms with van der Waals surface area (Å²) in [5.41, 5.74) is 0.990. The number of benzene rings is 1. The Morgan fingerprint density at radius 2 is 1.48 bits per heavy atom. The Balaban J connectivity index is 1.83. The van der Waals surface area contributed by atoms with Crippen molar-refractivity contribution in [3.63, 3.8) is 0 Å². The number of hydrogen-bond acceptors (Lipinski definition) is 2. The summed E-state index contributed by atoms with van der Waals surface area (Å²) in [4.78, 5) is 0. The molecule has 21 heavy (non-hydrogen) atoms. The van der Waals surface area contributed by atoms with Gasteiger partial charge in [-0.3, -0.25) is 0 Å². The lowest BCUT2D eigenvalue weighted by Gasteiger charge is -2.33. The van der Waals surface area contributed by atoms with E-state index in [1.54, 1.807) is 0 Å². The van der Waals surface area contributed by atoms with E-state index in [-0.39, 0.29) is 18.3 Å². The van der Waals surface area contributed by atoms with Gasteiger partial charge in [0.15, 0.2) is 0 Å². The van der Waals surface area contributed by atoms with Gasteiger partial charge < -0.3 is 9.31 Å². The Bertz CT molecular complexity index is 467. The van der Waals surface area contributed by atoms with Crippen LogP contribution in [0.4, 0.5) is 0 Å². The van der Waals surface area contributed by atoms with Crippen LogP contribution in [-0.4, -0.2) is 18.3 Å². The molecule has 1 saturated heterocycles. The predicted octanol–water partition coefficient (Wildman–Crippen LogP) is 4.81. The highest BCUT2D eigenvalue weighted by atomic mass is 16.7. The molecule has 0 unspecified atom stereocenters. The third-order valence-electron chi connectivity index (χ3n) is 5.67. The Hall–Kier alpha value is -0.795. The van der Waals surface area contributed by atoms with Crippen LogP contribution in [0.2, 0.25) is 5.82 Å². The zero-order chi connectivity index (χ0) is 15.1. The van der Waals surface area contributed by atoms with Crippen LogP contribution in [0, 0.1) is 0 Å². The van der Waals surface area contributed by atoms with E-state index in [9.17, 15) is 0 Å². The van der Waals surface area contributed by atoms with Gasteiger partial charge in [-0.05, 0) is 45.6 Å². The van der Waals surface area contributed by atoms with Crippen LogP contribution >= 0.6 is 0 Å². The quantitative estimate of drug-likeness (QED) is 0.726. The van der Waals surface area contributed by atoms with E-state index >= 15 is 0 Å². The van der Waals surface area contributed by atoms with Gasteiger partial charge in [0.05, 0.1) is 11.2 Å². The molecule has 0 amide bonds. The molecule has 1 aromatic rings. The van der Waals surface area contributed by atoms with E-state index in [1.807, 2.05) is 0 Å². The highest BCUT2D eigenvalue weighted by molar-refractivity contribution is 6.47. The monoisotopic (exact) mass is 286 g/mol. The van der Waals surface area contributed by atoms with Gasteiger partial charge in [-0.15, -0.1) is 0 Å². The van der Waals surface area contributed by atoms with E-state index in [2.05, 4.69) is 58.0 Å². The van der Waals surface area contributed by atoms with Gasteiger partial charge >= 0.3 is 7.12 Å². The maximum Gasteiger partial charge on any atom is 0.461 e. The zero-order valence-electron chi connectivity index (χ0n) is 13.8. The Kier molecular flexibility index (Phi) is 3.92. The summed E-state index contributed by atoms with van der Waals surface area (Å²) in [6.07, 6.45) is 5.06. The molecular weight excluding hydrogens is 259 g/mol. The Morgan fingerprint density at radius 3 is 2.10 bits per heavy atom. The molecule has 2 atom stereocenters. The minimum atomic E-state index is -0.226. The molecule has 1 aliphatic carbocycles. The fourth-order valence-corrected chi connectivity index (χ4v) is 3.66. The highest BCUT2D eigenvalue weighted by Crippen LogP contribution is 2.49. The minimum Gasteiger partial charge on any atom is -0.403 e. The first-order valence-electron chi connectivity index (χ1n) is 8.31. The van der Waals surface area contributed by atoms with Crippen LogP contribution in [-0.2, 0) is 9.31 Å². The van der Waals surface area contributed by atoms with E-state index in [4.69, 9.17) is 9.31 Å². The average molecular weight is 286 g/mol. The first-order valence-corrected chi connectivity index (χ1v) is 8.31. The van der Waals surface area contributed by atoms with Crippen molar-refractivity contribution in [2.75, 3.05) is 0 Å². The fourth-order valence-electron chi connectivity index (χ4n) is 3.66. The molecule has 1 aliphatic heterocycles. The molecular formula is C18H27BO2. The Morgan fingerprint density at radius 1 is 0.905 bits per heavy atom. The van der Waals surface area contributed by atoms with E-state index in [0.717, 1.165) is 0 Å². The van der Waals surface area contributed by atoms with Crippen molar-refractivity contribution >= 4 is 7.12 Å². The molecule has 1 saturated carbocycles. The van der Waals surface area contributed by atoms with Crippen molar-refractivity contribution in [3.05, 3.63) is 35.9 Å². The first kappa shape index (κ1) is 15.1. The lowest BCUT2D eigenvalue weighted by atomic mass is 9.57. The third kappa shape index (κ3) is 2.78. The predicted molar refractivity (Wildman–Crippen MR) is 87.5 cm³/mol. The van der Waals surface area contributed by atoms with Gasteiger partial charge in [0.1, 0.15) is 0 Å². The molecule has 0 bridgehead atoms. The summed E-state index contributed by atoms with van der Waals surface area (Å²) >= 11 is 0. The zero-order valence-corrected chi connectivity index (χ0v) is 13.8. The van der Waals surface area contributed by atoms with Gasteiger partial charge in [0, 0.05) is 5.82 Å². The summed E-state index contributed by atoms with van der Waals surface area (Å²) in [5, 5.41) is 0. The smallest absolute Gasteiger partial charge is 0.403 e. The maximum atomic E-state index is 6.33. The number of rotatable bonds is 2. The molecule has 114 valence electrons. The van der Waals surface area contributed by atoms with Crippen molar-refractivity contribution in [3.8, 4) is 0 Å². The van der Waals surface area contributed by atoms with Crippen LogP contribution in [0.1, 0.15) is 64.9 Å². The van der Waals surface area contributed by atoms with Crippen LogP contribution in [0.3, 0.4) is 0 Å². The molecule has 2 aliphatic rings. The van der Waals surface area contributed by atoms with Gasteiger partial charge in [-0.1, -0.05) is 49.6 Å². The molecule has 0 spiro atoms. The van der Waals surface area contributed by atoms with Gasteiger partial charge in [0.25, 0.3) is 0 Å². The van der Waals surface area contributed by atoms with Gasteiger partial charge in [0.2, 0.25) is 0 Å². The van der Waals surface area contributed by atoms with Crippen LogP contribution in [0.25, 0.3) is 0 Å². The van der Waals surface area contributed by atoms with Crippen LogP contribution in [0.15, 0.2) is 30.3 Å². The lowest BCUT2D eigenvalue weighted by Crippen LogP contribution is -2.41. The second kappa shape index (κ2) is 5.44.